The maximum absolute atomic E-state index is 12.7. The average molecular weight is 285 g/mol. The number of alkyl halides is 3. The van der Waals surface area contributed by atoms with E-state index in [0.717, 1.165) is 19.2 Å². The van der Waals surface area contributed by atoms with Gasteiger partial charge in [-0.05, 0) is 17.7 Å². The summed E-state index contributed by atoms with van der Waals surface area (Å²) in [6.45, 7) is 0. The van der Waals surface area contributed by atoms with Crippen molar-refractivity contribution in [3.05, 3.63) is 35.5 Å². The minimum atomic E-state index is -4.49. The Morgan fingerprint density at radius 1 is 1.40 bits per heavy atom. The molecule has 0 unspecified atom stereocenters. The van der Waals surface area contributed by atoms with E-state index in [1.807, 2.05) is 0 Å². The van der Waals surface area contributed by atoms with Crippen LogP contribution in [0.3, 0.4) is 0 Å². The van der Waals surface area contributed by atoms with Gasteiger partial charge in [-0.15, -0.1) is 0 Å². The van der Waals surface area contributed by atoms with Crippen LogP contribution in [0.4, 0.5) is 19.0 Å². The number of halogens is 3. The number of nitrogen functional groups attached to an aromatic ring is 1. The third-order valence-electron chi connectivity index (χ3n) is 2.66. The maximum atomic E-state index is 12.7. The molecule has 2 aromatic rings. The van der Waals surface area contributed by atoms with Gasteiger partial charge in [0.25, 0.3) is 0 Å². The SMILES string of the molecule is COC(=O)c1[nH]nc(N)c1-c1cccc(C(F)(F)F)c1. The van der Waals surface area contributed by atoms with Crippen LogP contribution in [0.25, 0.3) is 11.1 Å². The number of nitrogens with zero attached hydrogens (tertiary/aromatic N) is 1. The van der Waals surface area contributed by atoms with Gasteiger partial charge in [0.1, 0.15) is 0 Å². The first-order valence-corrected chi connectivity index (χ1v) is 5.44. The van der Waals surface area contributed by atoms with E-state index in [0.29, 0.717) is 0 Å². The molecule has 5 nitrogen and oxygen atoms in total. The molecule has 1 aromatic carbocycles. The lowest BCUT2D eigenvalue weighted by Gasteiger charge is -2.09. The third kappa shape index (κ3) is 2.44. The van der Waals surface area contributed by atoms with Gasteiger partial charge < -0.3 is 10.5 Å². The molecule has 0 saturated carbocycles. The van der Waals surface area contributed by atoms with Crippen molar-refractivity contribution in [3.8, 4) is 11.1 Å². The highest BCUT2D eigenvalue weighted by Crippen LogP contribution is 2.34. The Morgan fingerprint density at radius 2 is 2.10 bits per heavy atom. The van der Waals surface area contributed by atoms with Crippen molar-refractivity contribution in [2.24, 2.45) is 0 Å². The van der Waals surface area contributed by atoms with Gasteiger partial charge in [-0.3, -0.25) is 5.10 Å². The molecule has 0 radical (unpaired) electrons. The van der Waals surface area contributed by atoms with Gasteiger partial charge in [-0.25, -0.2) is 4.79 Å². The summed E-state index contributed by atoms with van der Waals surface area (Å²) in [5.74, 6) is -0.841. The summed E-state index contributed by atoms with van der Waals surface area (Å²) < 4.78 is 42.6. The number of hydrogen-bond acceptors (Lipinski definition) is 4. The molecule has 20 heavy (non-hydrogen) atoms. The van der Waals surface area contributed by atoms with Crippen molar-refractivity contribution in [2.45, 2.75) is 6.18 Å². The largest absolute Gasteiger partial charge is 0.464 e. The van der Waals surface area contributed by atoms with Crippen LogP contribution >= 0.6 is 0 Å². The van der Waals surface area contributed by atoms with Crippen LogP contribution in [0.15, 0.2) is 24.3 Å². The van der Waals surface area contributed by atoms with Crippen molar-refractivity contribution in [3.63, 3.8) is 0 Å². The molecule has 1 heterocycles. The monoisotopic (exact) mass is 285 g/mol. The van der Waals surface area contributed by atoms with E-state index in [9.17, 15) is 18.0 Å². The van der Waals surface area contributed by atoms with Gasteiger partial charge >= 0.3 is 12.1 Å². The lowest BCUT2D eigenvalue weighted by Crippen LogP contribution is -2.06. The van der Waals surface area contributed by atoms with Crippen molar-refractivity contribution in [1.82, 2.24) is 10.2 Å². The summed E-state index contributed by atoms with van der Waals surface area (Å²) in [4.78, 5) is 11.5. The number of anilines is 1. The van der Waals surface area contributed by atoms with E-state index in [2.05, 4.69) is 14.9 Å². The van der Waals surface area contributed by atoms with E-state index >= 15 is 0 Å². The number of carbonyl (C=O) groups is 1. The molecular formula is C12H10F3N3O2. The zero-order chi connectivity index (χ0) is 14.9. The number of H-pyrrole nitrogens is 1. The summed E-state index contributed by atoms with van der Waals surface area (Å²) >= 11 is 0. The molecule has 2 rings (SSSR count). The molecule has 0 atom stereocenters. The van der Waals surface area contributed by atoms with Gasteiger partial charge in [0.15, 0.2) is 11.5 Å². The fourth-order valence-corrected chi connectivity index (χ4v) is 1.75. The highest BCUT2D eigenvalue weighted by molar-refractivity contribution is 5.98. The van der Waals surface area contributed by atoms with Crippen LogP contribution in [0.2, 0.25) is 0 Å². The Morgan fingerprint density at radius 3 is 2.70 bits per heavy atom. The molecule has 0 amide bonds. The van der Waals surface area contributed by atoms with E-state index in [4.69, 9.17) is 5.73 Å². The Balaban J connectivity index is 2.58. The molecule has 0 aliphatic heterocycles. The number of nitrogens with one attached hydrogen (secondary N) is 1. The average Bonchev–Trinajstić information content (AvgIpc) is 2.79. The fraction of sp³-hybridized carbons (Fsp3) is 0.167. The van der Waals surface area contributed by atoms with Crippen LogP contribution < -0.4 is 5.73 Å². The van der Waals surface area contributed by atoms with E-state index in [1.54, 1.807) is 0 Å². The van der Waals surface area contributed by atoms with Crippen LogP contribution in [0.1, 0.15) is 16.1 Å². The predicted molar refractivity (Wildman–Crippen MR) is 64.8 cm³/mol. The summed E-state index contributed by atoms with van der Waals surface area (Å²) in [6.07, 6.45) is -4.49. The Bertz CT molecular complexity index is 650. The quantitative estimate of drug-likeness (QED) is 0.830. The predicted octanol–water partition coefficient (Wildman–Crippen LogP) is 2.46. The Hall–Kier alpha value is -2.51. The number of nitrogens with two attached hydrogens (primary N) is 1. The maximum Gasteiger partial charge on any atom is 0.416 e. The number of carbonyl (C=O) groups excluding carboxylic acids is 1. The molecule has 0 spiro atoms. The summed E-state index contributed by atoms with van der Waals surface area (Å²) in [6, 6.07) is 4.46. The Labute approximate surface area is 111 Å². The standard InChI is InChI=1S/C12H10F3N3O2/c1-20-11(19)9-8(10(16)18-17-9)6-3-2-4-7(5-6)12(13,14)15/h2-5H,1H3,(H3,16,17,18). The number of esters is 1. The Kier molecular flexibility index (Phi) is 3.39. The molecule has 3 N–H and O–H groups in total. The highest BCUT2D eigenvalue weighted by atomic mass is 19.4. The van der Waals surface area contributed by atoms with Crippen LogP contribution in [-0.4, -0.2) is 23.3 Å². The summed E-state index contributed by atoms with van der Waals surface area (Å²) in [7, 11) is 1.15. The number of aromatic nitrogens is 2. The van der Waals surface area contributed by atoms with Gasteiger partial charge in [-0.2, -0.15) is 18.3 Å². The number of rotatable bonds is 2. The van der Waals surface area contributed by atoms with Crippen LogP contribution in [0.5, 0.6) is 0 Å². The first-order valence-electron chi connectivity index (χ1n) is 5.44. The molecule has 0 fully saturated rings. The molecule has 106 valence electrons. The molecule has 0 saturated heterocycles. The zero-order valence-electron chi connectivity index (χ0n) is 10.3. The molecule has 1 aromatic heterocycles. The second-order valence-corrected chi connectivity index (χ2v) is 3.93. The lowest BCUT2D eigenvalue weighted by atomic mass is 10.0. The number of aromatic amines is 1. The van der Waals surface area contributed by atoms with Crippen molar-refractivity contribution >= 4 is 11.8 Å². The summed E-state index contributed by atoms with van der Waals surface area (Å²) in [5, 5.41) is 5.98. The normalized spacial score (nSPS) is 11.4. The smallest absolute Gasteiger partial charge is 0.416 e. The second kappa shape index (κ2) is 4.87. The number of benzene rings is 1. The molecule has 0 bridgehead atoms. The van der Waals surface area contributed by atoms with Gasteiger partial charge in [-0.1, -0.05) is 12.1 Å². The van der Waals surface area contributed by atoms with Crippen molar-refractivity contribution in [2.75, 3.05) is 12.8 Å². The molecular weight excluding hydrogens is 275 g/mol. The number of ether oxygens (including phenoxy) is 1. The van der Waals surface area contributed by atoms with E-state index < -0.39 is 17.7 Å². The van der Waals surface area contributed by atoms with E-state index in [-0.39, 0.29) is 22.6 Å². The number of methoxy groups -OCH3 is 1. The third-order valence-corrected chi connectivity index (χ3v) is 2.66. The number of hydrogen-bond donors (Lipinski definition) is 2. The summed E-state index contributed by atoms with van der Waals surface area (Å²) in [5.41, 5.74) is 4.88. The fourth-order valence-electron chi connectivity index (χ4n) is 1.75. The molecule has 8 heteroatoms. The minimum Gasteiger partial charge on any atom is -0.464 e. The van der Waals surface area contributed by atoms with Gasteiger partial charge in [0.2, 0.25) is 0 Å². The zero-order valence-corrected chi connectivity index (χ0v) is 10.3. The highest BCUT2D eigenvalue weighted by Gasteiger charge is 2.31. The van der Waals surface area contributed by atoms with Crippen LogP contribution in [0, 0.1) is 0 Å². The molecule has 0 aliphatic carbocycles. The van der Waals surface area contributed by atoms with Crippen molar-refractivity contribution in [1.29, 1.82) is 0 Å². The van der Waals surface area contributed by atoms with Gasteiger partial charge in [0.05, 0.1) is 18.2 Å². The van der Waals surface area contributed by atoms with E-state index in [1.165, 1.54) is 12.1 Å². The molecule has 0 aliphatic rings. The minimum absolute atomic E-state index is 0.0790. The van der Waals surface area contributed by atoms with Gasteiger partial charge in [0, 0.05) is 0 Å². The van der Waals surface area contributed by atoms with Crippen LogP contribution in [-0.2, 0) is 10.9 Å². The lowest BCUT2D eigenvalue weighted by molar-refractivity contribution is -0.137. The van der Waals surface area contributed by atoms with Crippen molar-refractivity contribution < 1.29 is 22.7 Å². The first-order chi connectivity index (χ1) is 9.34. The second-order valence-electron chi connectivity index (χ2n) is 3.93. The first kappa shape index (κ1) is 13.9. The topological polar surface area (TPSA) is 81.0 Å².